The second kappa shape index (κ2) is 5.84. The first-order chi connectivity index (χ1) is 9.06. The van der Waals surface area contributed by atoms with E-state index < -0.39 is 0 Å². The van der Waals surface area contributed by atoms with Gasteiger partial charge in [-0.1, -0.05) is 6.07 Å². The van der Waals surface area contributed by atoms with Crippen LogP contribution in [-0.2, 0) is 0 Å². The van der Waals surface area contributed by atoms with E-state index in [4.69, 9.17) is 0 Å². The Labute approximate surface area is 120 Å². The normalized spacial score (nSPS) is 10.1. The van der Waals surface area contributed by atoms with Crippen molar-refractivity contribution in [3.63, 3.8) is 0 Å². The van der Waals surface area contributed by atoms with Crippen LogP contribution in [0, 0.1) is 0 Å². The third kappa shape index (κ3) is 3.54. The lowest BCUT2D eigenvalue weighted by atomic mass is 10.2. The highest BCUT2D eigenvalue weighted by atomic mass is 79.9. The maximum absolute atomic E-state index is 12.1. The second-order valence-corrected chi connectivity index (χ2v) is 5.21. The lowest BCUT2D eigenvalue weighted by molar-refractivity contribution is 0.102. The third-order valence-corrected chi connectivity index (χ3v) is 3.02. The van der Waals surface area contributed by atoms with E-state index in [2.05, 4.69) is 26.2 Å². The number of carbonyl (C=O) groups excluding carboxylic acids is 1. The van der Waals surface area contributed by atoms with Crippen molar-refractivity contribution < 1.29 is 4.79 Å². The number of benzene rings is 1. The summed E-state index contributed by atoms with van der Waals surface area (Å²) in [6.45, 7) is 0. The van der Waals surface area contributed by atoms with Crippen LogP contribution in [0.25, 0.3) is 0 Å². The van der Waals surface area contributed by atoms with E-state index in [0.717, 1.165) is 15.8 Å². The van der Waals surface area contributed by atoms with Crippen LogP contribution in [0.15, 0.2) is 47.2 Å². The molecule has 1 aromatic carbocycles. The number of nitrogens with one attached hydrogen (secondary N) is 1. The zero-order chi connectivity index (χ0) is 13.8. The molecule has 0 bridgehead atoms. The van der Waals surface area contributed by atoms with Crippen molar-refractivity contribution in [3.8, 4) is 0 Å². The predicted octanol–water partition coefficient (Wildman–Crippen LogP) is 3.16. The van der Waals surface area contributed by atoms with Crippen molar-refractivity contribution in [2.75, 3.05) is 24.3 Å². The first-order valence-electron chi connectivity index (χ1n) is 5.75. The summed E-state index contributed by atoms with van der Waals surface area (Å²) in [5.41, 5.74) is 2.31. The van der Waals surface area contributed by atoms with Gasteiger partial charge in [-0.05, 0) is 40.2 Å². The summed E-state index contributed by atoms with van der Waals surface area (Å²) in [7, 11) is 3.92. The van der Waals surface area contributed by atoms with Gasteiger partial charge in [-0.2, -0.15) is 0 Å². The molecule has 4 nitrogen and oxygen atoms in total. The maximum Gasteiger partial charge on any atom is 0.257 e. The first kappa shape index (κ1) is 13.5. The number of hydrogen-bond donors (Lipinski definition) is 1. The molecule has 0 unspecified atom stereocenters. The van der Waals surface area contributed by atoms with E-state index in [1.807, 2.05) is 43.3 Å². The molecular weight excluding hydrogens is 306 g/mol. The minimum Gasteiger partial charge on any atom is -0.378 e. The average Bonchev–Trinajstić information content (AvgIpc) is 2.39. The van der Waals surface area contributed by atoms with E-state index >= 15 is 0 Å². The topological polar surface area (TPSA) is 45.2 Å². The van der Waals surface area contributed by atoms with Crippen molar-refractivity contribution >= 4 is 33.2 Å². The Balaban J connectivity index is 2.17. The summed E-state index contributed by atoms with van der Waals surface area (Å²) in [4.78, 5) is 18.0. The SMILES string of the molecule is CN(C)c1cccc(NC(=O)c2cncc(Br)c2)c1. The number of hydrogen-bond acceptors (Lipinski definition) is 3. The highest BCUT2D eigenvalue weighted by molar-refractivity contribution is 9.10. The number of nitrogens with zero attached hydrogens (tertiary/aromatic N) is 2. The van der Waals surface area contributed by atoms with E-state index in [9.17, 15) is 4.79 Å². The monoisotopic (exact) mass is 319 g/mol. The molecule has 0 aliphatic carbocycles. The van der Waals surface area contributed by atoms with Crippen LogP contribution in [0.1, 0.15) is 10.4 Å². The molecule has 1 amide bonds. The smallest absolute Gasteiger partial charge is 0.257 e. The number of aromatic nitrogens is 1. The number of halogens is 1. The van der Waals surface area contributed by atoms with Gasteiger partial charge in [0.05, 0.1) is 5.56 Å². The Morgan fingerprint density at radius 3 is 2.74 bits per heavy atom. The van der Waals surface area contributed by atoms with Crippen LogP contribution in [0.3, 0.4) is 0 Å². The molecule has 19 heavy (non-hydrogen) atoms. The first-order valence-corrected chi connectivity index (χ1v) is 6.55. The largest absolute Gasteiger partial charge is 0.378 e. The Morgan fingerprint density at radius 1 is 1.26 bits per heavy atom. The van der Waals surface area contributed by atoms with Crippen molar-refractivity contribution in [2.24, 2.45) is 0 Å². The van der Waals surface area contributed by atoms with Crippen LogP contribution < -0.4 is 10.2 Å². The minimum absolute atomic E-state index is 0.176. The molecule has 0 fully saturated rings. The van der Waals surface area contributed by atoms with Gasteiger partial charge in [-0.25, -0.2) is 0 Å². The molecule has 0 aliphatic rings. The molecule has 2 rings (SSSR count). The van der Waals surface area contributed by atoms with Gasteiger partial charge in [-0.15, -0.1) is 0 Å². The molecule has 0 radical (unpaired) electrons. The molecule has 5 heteroatoms. The summed E-state index contributed by atoms with van der Waals surface area (Å²) in [6.07, 6.45) is 3.18. The molecule has 0 atom stereocenters. The van der Waals surface area contributed by atoms with Gasteiger partial charge in [0.15, 0.2) is 0 Å². The van der Waals surface area contributed by atoms with Gasteiger partial charge in [-0.3, -0.25) is 9.78 Å². The number of amides is 1. The van der Waals surface area contributed by atoms with Gasteiger partial charge in [0.1, 0.15) is 0 Å². The second-order valence-electron chi connectivity index (χ2n) is 4.29. The van der Waals surface area contributed by atoms with Gasteiger partial charge < -0.3 is 10.2 Å². The summed E-state index contributed by atoms with van der Waals surface area (Å²) < 4.78 is 0.780. The number of anilines is 2. The number of pyridine rings is 1. The minimum atomic E-state index is -0.176. The molecule has 0 aliphatic heterocycles. The summed E-state index contributed by atoms with van der Waals surface area (Å²) in [5, 5.41) is 2.85. The third-order valence-electron chi connectivity index (χ3n) is 2.59. The van der Waals surface area contributed by atoms with Crippen LogP contribution in [0.4, 0.5) is 11.4 Å². The summed E-state index contributed by atoms with van der Waals surface area (Å²) >= 11 is 3.30. The van der Waals surface area contributed by atoms with E-state index in [-0.39, 0.29) is 5.91 Å². The Hall–Kier alpha value is -1.88. The Kier molecular flexibility index (Phi) is 4.16. The number of carbonyl (C=O) groups is 1. The van der Waals surface area contributed by atoms with Crippen molar-refractivity contribution in [1.29, 1.82) is 0 Å². The summed E-state index contributed by atoms with van der Waals surface area (Å²) in [5.74, 6) is -0.176. The molecule has 0 saturated heterocycles. The fourth-order valence-electron chi connectivity index (χ4n) is 1.60. The highest BCUT2D eigenvalue weighted by Crippen LogP contribution is 2.18. The van der Waals surface area contributed by atoms with E-state index in [0.29, 0.717) is 5.56 Å². The van der Waals surface area contributed by atoms with Gasteiger partial charge in [0, 0.05) is 42.3 Å². The van der Waals surface area contributed by atoms with Gasteiger partial charge in [0.2, 0.25) is 0 Å². The summed E-state index contributed by atoms with van der Waals surface area (Å²) in [6, 6.07) is 9.40. The standard InChI is InChI=1S/C14H14BrN3O/c1-18(2)13-5-3-4-12(7-13)17-14(19)10-6-11(15)9-16-8-10/h3-9H,1-2H3,(H,17,19). The van der Waals surface area contributed by atoms with Crippen LogP contribution in [-0.4, -0.2) is 25.0 Å². The maximum atomic E-state index is 12.1. The fraction of sp³-hybridized carbons (Fsp3) is 0.143. The quantitative estimate of drug-likeness (QED) is 0.945. The molecule has 98 valence electrons. The zero-order valence-corrected chi connectivity index (χ0v) is 12.3. The molecule has 2 aromatic rings. The lowest BCUT2D eigenvalue weighted by Gasteiger charge is -2.14. The molecular formula is C14H14BrN3O. The fourth-order valence-corrected chi connectivity index (χ4v) is 1.97. The Morgan fingerprint density at radius 2 is 2.05 bits per heavy atom. The zero-order valence-electron chi connectivity index (χ0n) is 10.7. The molecule has 1 N–H and O–H groups in total. The van der Waals surface area contributed by atoms with Gasteiger partial charge in [0.25, 0.3) is 5.91 Å². The molecule has 0 saturated carbocycles. The van der Waals surface area contributed by atoms with Gasteiger partial charge >= 0.3 is 0 Å². The number of rotatable bonds is 3. The molecule has 1 aromatic heterocycles. The highest BCUT2D eigenvalue weighted by Gasteiger charge is 2.07. The van der Waals surface area contributed by atoms with Crippen molar-refractivity contribution in [3.05, 3.63) is 52.8 Å². The predicted molar refractivity (Wildman–Crippen MR) is 80.7 cm³/mol. The average molecular weight is 320 g/mol. The van der Waals surface area contributed by atoms with Crippen LogP contribution >= 0.6 is 15.9 Å². The van der Waals surface area contributed by atoms with Crippen LogP contribution in [0.2, 0.25) is 0 Å². The van der Waals surface area contributed by atoms with E-state index in [1.54, 1.807) is 12.3 Å². The molecule has 0 spiro atoms. The lowest BCUT2D eigenvalue weighted by Crippen LogP contribution is -2.13. The molecule has 1 heterocycles. The van der Waals surface area contributed by atoms with E-state index in [1.165, 1.54) is 6.20 Å². The van der Waals surface area contributed by atoms with Crippen molar-refractivity contribution in [2.45, 2.75) is 0 Å². The van der Waals surface area contributed by atoms with Crippen LogP contribution in [0.5, 0.6) is 0 Å². The Bertz CT molecular complexity index is 599. The van der Waals surface area contributed by atoms with Crippen molar-refractivity contribution in [1.82, 2.24) is 4.98 Å².